The Kier molecular flexibility index (Phi) is 15.1. The Morgan fingerprint density at radius 2 is 1.79 bits per heavy atom. The first-order chi connectivity index (χ1) is 19.8. The maximum Gasteiger partial charge on any atom is 0.303 e. The first kappa shape index (κ1) is 36.4. The van der Waals surface area contributed by atoms with Gasteiger partial charge >= 0.3 is 5.97 Å². The van der Waals surface area contributed by atoms with Crippen molar-refractivity contribution in [3.8, 4) is 0 Å². The zero-order valence-electron chi connectivity index (χ0n) is 26.1. The lowest BCUT2D eigenvalue weighted by Gasteiger charge is -2.31. The van der Waals surface area contributed by atoms with Crippen LogP contribution in [0.15, 0.2) is 58.5 Å². The number of rotatable bonds is 14. The van der Waals surface area contributed by atoms with Crippen LogP contribution >= 0.6 is 35.1 Å². The third-order valence-corrected chi connectivity index (χ3v) is 8.57. The number of carboxylic acid groups (broad SMARTS) is 1. The van der Waals surface area contributed by atoms with E-state index >= 15 is 0 Å². The van der Waals surface area contributed by atoms with Gasteiger partial charge in [-0.05, 0) is 118 Å². The second-order valence-corrected chi connectivity index (χ2v) is 13.9. The van der Waals surface area contributed by atoms with Gasteiger partial charge in [0.1, 0.15) is 0 Å². The van der Waals surface area contributed by atoms with Crippen LogP contribution < -0.4 is 5.32 Å². The number of nitrogens with one attached hydrogen (secondary N) is 1. The minimum atomic E-state index is -0.836. The van der Waals surface area contributed by atoms with E-state index in [0.29, 0.717) is 35.5 Å². The second kappa shape index (κ2) is 17.5. The number of halogens is 2. The molecule has 0 aliphatic heterocycles. The smallest absolute Gasteiger partial charge is 0.303 e. The topological polar surface area (TPSA) is 72.8 Å². The maximum absolute atomic E-state index is 10.9. The summed E-state index contributed by atoms with van der Waals surface area (Å²) in [6, 6.07) is 14.3. The third-order valence-electron chi connectivity index (χ3n) is 7.19. The number of aryl methyl sites for hydroxylation is 1. The van der Waals surface area contributed by atoms with Crippen molar-refractivity contribution in [2.24, 2.45) is 5.92 Å². The van der Waals surface area contributed by atoms with Gasteiger partial charge < -0.3 is 15.5 Å². The molecule has 0 saturated carbocycles. The molecule has 0 saturated heterocycles. The molecule has 3 N–H and O–H groups in total. The van der Waals surface area contributed by atoms with Crippen LogP contribution in [0.5, 0.6) is 0 Å². The molecule has 0 spiro atoms. The summed E-state index contributed by atoms with van der Waals surface area (Å²) in [4.78, 5) is 11.9. The zero-order valence-corrected chi connectivity index (χ0v) is 28.5. The van der Waals surface area contributed by atoms with Crippen molar-refractivity contribution in [3.05, 3.63) is 85.8 Å². The van der Waals surface area contributed by atoms with Crippen molar-refractivity contribution in [1.29, 1.82) is 0 Å². The molecule has 232 valence electrons. The highest BCUT2D eigenvalue weighted by molar-refractivity contribution is 8.00. The van der Waals surface area contributed by atoms with E-state index in [1.807, 2.05) is 57.3 Å². The maximum atomic E-state index is 10.9. The highest BCUT2D eigenvalue weighted by atomic mass is 35.5. The quantitative estimate of drug-likeness (QED) is 0.143. The number of allylic oxidation sites excluding steroid dienone is 4. The van der Waals surface area contributed by atoms with Crippen molar-refractivity contribution in [1.82, 2.24) is 9.62 Å². The molecule has 8 heteroatoms. The number of nitrogens with zero attached hydrogens (tertiary/aromatic N) is 1. The van der Waals surface area contributed by atoms with Gasteiger partial charge in [-0.25, -0.2) is 4.31 Å². The number of aliphatic hydroxyl groups excluding tert-OH is 1. The van der Waals surface area contributed by atoms with E-state index in [1.54, 1.807) is 18.0 Å². The fourth-order valence-electron chi connectivity index (χ4n) is 5.40. The zero-order chi connectivity index (χ0) is 31.4. The number of carboxylic acids is 1. The Bertz CT molecular complexity index is 1220. The first-order valence-electron chi connectivity index (χ1n) is 14.8. The molecule has 2 aromatic carbocycles. The number of aliphatic carboxylic acids is 1. The van der Waals surface area contributed by atoms with Crippen LogP contribution in [0.3, 0.4) is 0 Å². The molecule has 0 fully saturated rings. The van der Waals surface area contributed by atoms with Crippen LogP contribution in [0.25, 0.3) is 5.57 Å². The standard InChI is InChI=1S/C32H42Cl2N2O3S.C2H6/c1-21(14-29(22(2)33)28-12-10-23(17-30(28)34)11-13-31(38)39)40-36(5)20-27(37)19-35-32(3,4)18-24-15-25-8-6-7-9-26(25)16-24;1-2/h6-10,12,14,17,24,27,35,37H,11,13,15-16,18-20H2,1-5H3,(H,38,39);1-2H3/b21-14+,29-22-;. The third kappa shape index (κ3) is 12.1. The molecule has 0 bridgehead atoms. The molecule has 3 rings (SSSR count). The van der Waals surface area contributed by atoms with E-state index in [9.17, 15) is 9.90 Å². The van der Waals surface area contributed by atoms with Gasteiger partial charge in [0.2, 0.25) is 0 Å². The lowest BCUT2D eigenvalue weighted by molar-refractivity contribution is -0.136. The Balaban J connectivity index is 0.00000301. The molecule has 0 heterocycles. The van der Waals surface area contributed by atoms with Crippen LogP contribution in [-0.4, -0.2) is 52.3 Å². The number of β-amino-alcohol motifs (C(OH)–C–C–N with tert-alkyl or cyclic N) is 1. The van der Waals surface area contributed by atoms with Crippen LogP contribution in [0, 0.1) is 5.92 Å². The van der Waals surface area contributed by atoms with E-state index in [1.165, 1.54) is 11.1 Å². The summed E-state index contributed by atoms with van der Waals surface area (Å²) in [5.74, 6) is -0.206. The highest BCUT2D eigenvalue weighted by Crippen LogP contribution is 2.34. The van der Waals surface area contributed by atoms with E-state index in [4.69, 9.17) is 28.3 Å². The largest absolute Gasteiger partial charge is 0.481 e. The summed E-state index contributed by atoms with van der Waals surface area (Å²) in [7, 11) is 1.97. The van der Waals surface area contributed by atoms with Crippen LogP contribution in [0.2, 0.25) is 5.02 Å². The van der Waals surface area contributed by atoms with Gasteiger partial charge in [-0.3, -0.25) is 4.79 Å². The lowest BCUT2D eigenvalue weighted by atomic mass is 9.88. The Morgan fingerprint density at radius 3 is 2.33 bits per heavy atom. The molecule has 1 unspecified atom stereocenters. The summed E-state index contributed by atoms with van der Waals surface area (Å²) in [6.07, 6.45) is 5.30. The number of benzene rings is 2. The van der Waals surface area contributed by atoms with Crippen LogP contribution in [0.1, 0.15) is 76.6 Å². The molecule has 0 amide bonds. The summed E-state index contributed by atoms with van der Waals surface area (Å²) in [5.41, 5.74) is 5.37. The van der Waals surface area contributed by atoms with Crippen molar-refractivity contribution >= 4 is 46.7 Å². The molecule has 1 aliphatic rings. The summed E-state index contributed by atoms with van der Waals surface area (Å²) in [6.45, 7) is 13.3. The van der Waals surface area contributed by atoms with Crippen molar-refractivity contribution < 1.29 is 15.0 Å². The van der Waals surface area contributed by atoms with Gasteiger partial charge in [0.05, 0.1) is 6.10 Å². The minimum Gasteiger partial charge on any atom is -0.481 e. The van der Waals surface area contributed by atoms with Crippen LogP contribution in [-0.2, 0) is 24.1 Å². The number of hydrogen-bond acceptors (Lipinski definition) is 5. The average molecular weight is 636 g/mol. The first-order valence-corrected chi connectivity index (χ1v) is 16.3. The Labute approximate surface area is 267 Å². The van der Waals surface area contributed by atoms with E-state index in [0.717, 1.165) is 40.9 Å². The molecule has 42 heavy (non-hydrogen) atoms. The normalized spacial score (nSPS) is 15.2. The molecule has 1 aliphatic carbocycles. The highest BCUT2D eigenvalue weighted by Gasteiger charge is 2.28. The number of fused-ring (bicyclic) bond motifs is 1. The summed E-state index contributed by atoms with van der Waals surface area (Å²) in [5, 5.41) is 24.4. The van der Waals surface area contributed by atoms with Gasteiger partial charge in [0, 0.05) is 40.7 Å². The molecular weight excluding hydrogens is 587 g/mol. The van der Waals surface area contributed by atoms with Crippen molar-refractivity contribution in [2.75, 3.05) is 20.1 Å². The van der Waals surface area contributed by atoms with Gasteiger partial charge in [-0.1, -0.05) is 73.4 Å². The Morgan fingerprint density at radius 1 is 1.17 bits per heavy atom. The average Bonchev–Trinajstić information content (AvgIpc) is 3.32. The number of carbonyl (C=O) groups is 1. The molecule has 2 aromatic rings. The molecule has 5 nitrogen and oxygen atoms in total. The van der Waals surface area contributed by atoms with Crippen molar-refractivity contribution in [3.63, 3.8) is 0 Å². The molecule has 1 atom stereocenters. The molecule has 0 radical (unpaired) electrons. The van der Waals surface area contributed by atoms with Gasteiger partial charge in [0.15, 0.2) is 0 Å². The molecular formula is C34H48Cl2N2O3S. The van der Waals surface area contributed by atoms with Crippen LogP contribution in [0.4, 0.5) is 0 Å². The summed E-state index contributed by atoms with van der Waals surface area (Å²) < 4.78 is 2.02. The fourth-order valence-corrected chi connectivity index (χ4v) is 6.77. The van der Waals surface area contributed by atoms with Crippen molar-refractivity contribution in [2.45, 2.75) is 85.3 Å². The molecule has 0 aromatic heterocycles. The van der Waals surface area contributed by atoms with Gasteiger partial charge in [-0.2, -0.15) is 0 Å². The number of aliphatic hydroxyl groups is 1. The van der Waals surface area contributed by atoms with Gasteiger partial charge in [-0.15, -0.1) is 0 Å². The van der Waals surface area contributed by atoms with E-state index in [-0.39, 0.29) is 12.0 Å². The van der Waals surface area contributed by atoms with E-state index in [2.05, 4.69) is 43.4 Å². The SMILES string of the molecule is C/C(Cl)=C(\C=C(/C)SN(C)CC(O)CNC(C)(C)CC1Cc2ccccc2C1)c1ccc(CCC(=O)O)cc1Cl.CC. The predicted octanol–water partition coefficient (Wildman–Crippen LogP) is 8.37. The predicted molar refractivity (Wildman–Crippen MR) is 181 cm³/mol. The minimum absolute atomic E-state index is 0.0586. The summed E-state index contributed by atoms with van der Waals surface area (Å²) >= 11 is 14.6. The second-order valence-electron chi connectivity index (χ2n) is 11.5. The monoisotopic (exact) mass is 634 g/mol. The lowest BCUT2D eigenvalue weighted by Crippen LogP contribution is -2.46. The fraction of sp³-hybridized carbons (Fsp3) is 0.500. The number of likely N-dealkylation sites (N-methyl/N-ethyl adjacent to an activating group) is 1. The Hall–Kier alpha value is -1.80. The van der Waals surface area contributed by atoms with Gasteiger partial charge in [0.25, 0.3) is 0 Å². The number of hydrogen-bond donors (Lipinski definition) is 3. The van der Waals surface area contributed by atoms with E-state index < -0.39 is 12.1 Å².